The highest BCUT2D eigenvalue weighted by Crippen LogP contribution is 2.16. The summed E-state index contributed by atoms with van der Waals surface area (Å²) in [5, 5.41) is 2.95. The molecule has 0 aromatic heterocycles. The first kappa shape index (κ1) is 15.3. The first-order valence-corrected chi connectivity index (χ1v) is 7.99. The predicted molar refractivity (Wildman–Crippen MR) is 83.3 cm³/mol. The number of ether oxygens (including phenoxy) is 1. The molecular formula is C13H18N4O3S. The van der Waals surface area contributed by atoms with Gasteiger partial charge < -0.3 is 10.1 Å². The van der Waals surface area contributed by atoms with E-state index in [2.05, 4.69) is 19.4 Å². The van der Waals surface area contributed by atoms with Crippen molar-refractivity contribution in [2.75, 3.05) is 12.4 Å². The summed E-state index contributed by atoms with van der Waals surface area (Å²) >= 11 is 0. The van der Waals surface area contributed by atoms with E-state index in [-0.39, 0.29) is 17.7 Å². The zero-order valence-electron chi connectivity index (χ0n) is 12.1. The molecule has 21 heavy (non-hydrogen) atoms. The minimum atomic E-state index is -3.71. The highest BCUT2D eigenvalue weighted by atomic mass is 32.2. The summed E-state index contributed by atoms with van der Waals surface area (Å²) in [7, 11) is -2.13. The van der Waals surface area contributed by atoms with Gasteiger partial charge in [0.1, 0.15) is 5.75 Å². The van der Waals surface area contributed by atoms with Crippen LogP contribution in [0.25, 0.3) is 0 Å². The van der Waals surface area contributed by atoms with Crippen LogP contribution in [0.15, 0.2) is 33.7 Å². The maximum atomic E-state index is 11.6. The first-order valence-electron chi connectivity index (χ1n) is 6.55. The van der Waals surface area contributed by atoms with E-state index in [1.165, 1.54) is 0 Å². The van der Waals surface area contributed by atoms with E-state index in [0.29, 0.717) is 11.4 Å². The van der Waals surface area contributed by atoms with Crippen LogP contribution in [0.4, 0.5) is 5.69 Å². The van der Waals surface area contributed by atoms with Gasteiger partial charge in [0, 0.05) is 11.7 Å². The quantitative estimate of drug-likeness (QED) is 0.882. The molecule has 1 aliphatic rings. The van der Waals surface area contributed by atoms with Crippen molar-refractivity contribution in [2.24, 2.45) is 9.39 Å². The van der Waals surface area contributed by atoms with Crippen molar-refractivity contribution in [2.45, 2.75) is 26.3 Å². The highest BCUT2D eigenvalue weighted by molar-refractivity contribution is 7.89. The Bertz CT molecular complexity index is 665. The number of methoxy groups -OCH3 is 1. The standard InChI is InChI=1S/C13H18N4O3S/c1-4-9(2)14-12-13(17-21(18,19)16-12)15-10-5-7-11(20-3)8-6-10/h5-9H,4H2,1-3H3,(H,14,16)(H,15,17). The van der Waals surface area contributed by atoms with Gasteiger partial charge in [-0.05, 0) is 37.6 Å². The number of hydrogen-bond donors (Lipinski definition) is 2. The fraction of sp³-hybridized carbons (Fsp3) is 0.385. The Morgan fingerprint density at radius 3 is 2.62 bits per heavy atom. The van der Waals surface area contributed by atoms with Crippen molar-refractivity contribution in [3.8, 4) is 5.75 Å². The summed E-state index contributed by atoms with van der Waals surface area (Å²) in [6.07, 6.45) is 0.807. The molecule has 0 radical (unpaired) electrons. The van der Waals surface area contributed by atoms with Gasteiger partial charge in [-0.2, -0.15) is 8.42 Å². The Kier molecular flexibility index (Phi) is 4.46. The predicted octanol–water partition coefficient (Wildman–Crippen LogP) is 1.55. The number of rotatable bonds is 4. The number of anilines is 1. The Morgan fingerprint density at radius 1 is 1.38 bits per heavy atom. The van der Waals surface area contributed by atoms with Crippen molar-refractivity contribution >= 4 is 27.6 Å². The van der Waals surface area contributed by atoms with Crippen LogP contribution >= 0.6 is 0 Å². The smallest absolute Gasteiger partial charge is 0.345 e. The molecule has 1 atom stereocenters. The maximum Gasteiger partial charge on any atom is 0.345 e. The molecule has 2 N–H and O–H groups in total. The molecule has 0 bridgehead atoms. The molecule has 0 saturated heterocycles. The van der Waals surface area contributed by atoms with E-state index in [9.17, 15) is 8.42 Å². The molecule has 114 valence electrons. The Hall–Kier alpha value is -2.09. The second-order valence-electron chi connectivity index (χ2n) is 4.61. The molecule has 1 heterocycles. The van der Waals surface area contributed by atoms with E-state index >= 15 is 0 Å². The molecule has 8 heteroatoms. The molecule has 1 aromatic carbocycles. The normalized spacial score (nSPS) is 19.8. The number of amidine groups is 2. The van der Waals surface area contributed by atoms with Gasteiger partial charge in [0.15, 0.2) is 11.7 Å². The summed E-state index contributed by atoms with van der Waals surface area (Å²) in [6.45, 7) is 3.89. The van der Waals surface area contributed by atoms with Gasteiger partial charge in [-0.15, -0.1) is 4.40 Å². The Labute approximate surface area is 124 Å². The van der Waals surface area contributed by atoms with Gasteiger partial charge in [-0.1, -0.05) is 6.92 Å². The van der Waals surface area contributed by atoms with E-state index in [1.54, 1.807) is 31.4 Å². The van der Waals surface area contributed by atoms with Crippen LogP contribution in [-0.2, 0) is 10.2 Å². The van der Waals surface area contributed by atoms with Crippen LogP contribution in [-0.4, -0.2) is 33.2 Å². The van der Waals surface area contributed by atoms with Crippen LogP contribution in [0, 0.1) is 0 Å². The maximum absolute atomic E-state index is 11.6. The molecule has 0 amide bonds. The molecule has 1 unspecified atom stereocenters. The van der Waals surface area contributed by atoms with E-state index < -0.39 is 10.2 Å². The molecule has 1 aliphatic heterocycles. The molecule has 0 aliphatic carbocycles. The van der Waals surface area contributed by atoms with Gasteiger partial charge in [0.05, 0.1) is 7.11 Å². The monoisotopic (exact) mass is 310 g/mol. The summed E-state index contributed by atoms with van der Waals surface area (Å²) in [5.74, 6) is 1.15. The van der Waals surface area contributed by atoms with Gasteiger partial charge in [-0.25, -0.2) is 4.72 Å². The van der Waals surface area contributed by atoms with Gasteiger partial charge in [0.2, 0.25) is 0 Å². The molecule has 1 aromatic rings. The third-order valence-corrected chi connectivity index (χ3v) is 3.83. The third-order valence-electron chi connectivity index (χ3n) is 2.95. The van der Waals surface area contributed by atoms with Crippen LogP contribution in [0.3, 0.4) is 0 Å². The van der Waals surface area contributed by atoms with Gasteiger partial charge >= 0.3 is 10.2 Å². The minimum absolute atomic E-state index is 0.00340. The van der Waals surface area contributed by atoms with Gasteiger partial charge in [-0.3, -0.25) is 4.99 Å². The number of benzene rings is 1. The highest BCUT2D eigenvalue weighted by Gasteiger charge is 2.26. The van der Waals surface area contributed by atoms with Crippen molar-refractivity contribution in [3.05, 3.63) is 24.3 Å². The zero-order valence-corrected chi connectivity index (χ0v) is 12.9. The zero-order chi connectivity index (χ0) is 15.5. The topological polar surface area (TPSA) is 92.2 Å². The van der Waals surface area contributed by atoms with Gasteiger partial charge in [0.25, 0.3) is 0 Å². The summed E-state index contributed by atoms with van der Waals surface area (Å²) < 4.78 is 34.2. The summed E-state index contributed by atoms with van der Waals surface area (Å²) in [4.78, 5) is 4.31. The number of nitrogens with one attached hydrogen (secondary N) is 2. The van der Waals surface area contributed by atoms with Crippen LogP contribution in [0.1, 0.15) is 20.3 Å². The average molecular weight is 310 g/mol. The van der Waals surface area contributed by atoms with Crippen LogP contribution in [0.5, 0.6) is 5.75 Å². The largest absolute Gasteiger partial charge is 0.497 e. The van der Waals surface area contributed by atoms with Crippen molar-refractivity contribution < 1.29 is 13.2 Å². The second-order valence-corrected chi connectivity index (χ2v) is 5.94. The lowest BCUT2D eigenvalue weighted by Gasteiger charge is -2.09. The van der Waals surface area contributed by atoms with E-state index in [0.717, 1.165) is 6.42 Å². The lowest BCUT2D eigenvalue weighted by Crippen LogP contribution is -2.31. The number of hydrogen-bond acceptors (Lipinski definition) is 5. The molecule has 0 spiro atoms. The first-order chi connectivity index (χ1) is 9.93. The number of aliphatic imine (C=N–C) groups is 1. The summed E-state index contributed by atoms with van der Waals surface area (Å²) in [5.41, 5.74) is 0.699. The van der Waals surface area contributed by atoms with E-state index in [1.807, 2.05) is 13.8 Å². The lowest BCUT2D eigenvalue weighted by molar-refractivity contribution is 0.415. The Morgan fingerprint density at radius 2 is 2.05 bits per heavy atom. The Balaban J connectivity index is 2.24. The molecule has 0 fully saturated rings. The summed E-state index contributed by atoms with van der Waals surface area (Å²) in [6, 6.07) is 7.08. The lowest BCUT2D eigenvalue weighted by atomic mass is 10.2. The molecule has 7 nitrogen and oxygen atoms in total. The second kappa shape index (κ2) is 6.13. The minimum Gasteiger partial charge on any atom is -0.497 e. The SMILES string of the molecule is CCC(C)N=C1NS(=O)(=O)N=C1Nc1ccc(OC)cc1. The fourth-order valence-electron chi connectivity index (χ4n) is 1.65. The molecular weight excluding hydrogens is 292 g/mol. The third kappa shape index (κ3) is 3.94. The van der Waals surface area contributed by atoms with E-state index in [4.69, 9.17) is 4.74 Å². The van der Waals surface area contributed by atoms with Crippen molar-refractivity contribution in [1.29, 1.82) is 0 Å². The fourth-order valence-corrected chi connectivity index (χ4v) is 2.46. The molecule has 0 saturated carbocycles. The molecule has 2 rings (SSSR count). The number of nitrogens with zero attached hydrogens (tertiary/aromatic N) is 2. The van der Waals surface area contributed by atoms with Crippen molar-refractivity contribution in [3.63, 3.8) is 0 Å². The van der Waals surface area contributed by atoms with Crippen molar-refractivity contribution in [1.82, 2.24) is 4.72 Å². The van der Waals surface area contributed by atoms with Crippen LogP contribution < -0.4 is 14.8 Å². The van der Waals surface area contributed by atoms with Crippen LogP contribution in [0.2, 0.25) is 0 Å². The average Bonchev–Trinajstić information content (AvgIpc) is 2.73.